The molecule has 0 unspecified atom stereocenters. The van der Waals surface area contributed by atoms with Crippen molar-refractivity contribution in [1.29, 1.82) is 0 Å². The zero-order chi connectivity index (χ0) is 16.6. The molecular weight excluding hydrogens is 320 g/mol. The van der Waals surface area contributed by atoms with Crippen LogP contribution in [0.3, 0.4) is 0 Å². The maximum Gasteiger partial charge on any atom is 0.0930 e. The molecule has 1 aromatic heterocycles. The third kappa shape index (κ3) is 2.74. The first-order valence-electron chi connectivity index (χ1n) is 8.23. The smallest absolute Gasteiger partial charge is 0.0930 e. The monoisotopic (exact) mass is 338 g/mol. The van der Waals surface area contributed by atoms with E-state index >= 15 is 0 Å². The molecule has 3 aromatic rings. The predicted molar refractivity (Wildman–Crippen MR) is 98.5 cm³/mol. The van der Waals surface area contributed by atoms with Crippen molar-refractivity contribution in [3.05, 3.63) is 71.4 Å². The number of hydrogen-bond donors (Lipinski definition) is 1. The average Bonchev–Trinajstić information content (AvgIpc) is 2.62. The zero-order valence-electron chi connectivity index (χ0n) is 13.3. The second-order valence-electron chi connectivity index (χ2n) is 6.37. The Morgan fingerprint density at radius 1 is 0.958 bits per heavy atom. The van der Waals surface area contributed by atoms with Gasteiger partial charge in [0.05, 0.1) is 11.1 Å². The molecule has 1 fully saturated rings. The third-order valence-corrected chi connectivity index (χ3v) is 5.19. The van der Waals surface area contributed by atoms with E-state index in [0.29, 0.717) is 17.9 Å². The second-order valence-corrected chi connectivity index (χ2v) is 6.81. The summed E-state index contributed by atoms with van der Waals surface area (Å²) in [6.07, 6.45) is 3.26. The quantitative estimate of drug-likeness (QED) is 0.753. The van der Waals surface area contributed by atoms with E-state index in [1.807, 2.05) is 48.7 Å². The number of nitrogens with zero attached hydrogens (tertiary/aromatic N) is 2. The Balaban J connectivity index is 1.58. The molecule has 2 aromatic carbocycles. The highest BCUT2D eigenvalue weighted by Crippen LogP contribution is 2.36. The summed E-state index contributed by atoms with van der Waals surface area (Å²) >= 11 is 5.96. The first kappa shape index (κ1) is 15.4. The maximum absolute atomic E-state index is 11.0. The minimum Gasteiger partial charge on any atom is -0.385 e. The van der Waals surface area contributed by atoms with Gasteiger partial charge in [-0.25, -0.2) is 0 Å². The van der Waals surface area contributed by atoms with E-state index in [9.17, 15) is 5.11 Å². The van der Waals surface area contributed by atoms with Gasteiger partial charge in [-0.2, -0.15) is 0 Å². The molecule has 0 aliphatic carbocycles. The van der Waals surface area contributed by atoms with Crippen molar-refractivity contribution < 1.29 is 5.11 Å². The predicted octanol–water partition coefficient (Wildman–Crippen LogP) is 4.38. The lowest BCUT2D eigenvalue weighted by atomic mass is 9.84. The van der Waals surface area contributed by atoms with Crippen LogP contribution in [0.15, 0.2) is 60.8 Å². The van der Waals surface area contributed by atoms with Crippen molar-refractivity contribution in [3.63, 3.8) is 0 Å². The Morgan fingerprint density at radius 3 is 2.42 bits per heavy atom. The molecule has 24 heavy (non-hydrogen) atoms. The summed E-state index contributed by atoms with van der Waals surface area (Å²) in [5, 5.41) is 12.9. The van der Waals surface area contributed by atoms with E-state index in [-0.39, 0.29) is 0 Å². The number of fused-ring (bicyclic) bond motifs is 1. The summed E-state index contributed by atoms with van der Waals surface area (Å²) in [5.74, 6) is 0. The van der Waals surface area contributed by atoms with Crippen LogP contribution in [-0.4, -0.2) is 23.2 Å². The van der Waals surface area contributed by atoms with Crippen LogP contribution in [0.5, 0.6) is 0 Å². The van der Waals surface area contributed by atoms with Crippen molar-refractivity contribution >= 4 is 28.2 Å². The highest BCUT2D eigenvalue weighted by molar-refractivity contribution is 6.30. The van der Waals surface area contributed by atoms with Crippen molar-refractivity contribution in [2.24, 2.45) is 0 Å². The van der Waals surface area contributed by atoms with Crippen LogP contribution in [0, 0.1) is 0 Å². The molecule has 3 nitrogen and oxygen atoms in total. The summed E-state index contributed by atoms with van der Waals surface area (Å²) in [5.41, 5.74) is 2.38. The second kappa shape index (κ2) is 6.08. The number of halogens is 1. The van der Waals surface area contributed by atoms with Gasteiger partial charge in [-0.05, 0) is 42.7 Å². The van der Waals surface area contributed by atoms with Crippen molar-refractivity contribution in [3.8, 4) is 0 Å². The van der Waals surface area contributed by atoms with E-state index < -0.39 is 5.60 Å². The van der Waals surface area contributed by atoms with Crippen LogP contribution in [0.2, 0.25) is 5.02 Å². The van der Waals surface area contributed by atoms with Gasteiger partial charge < -0.3 is 10.0 Å². The molecule has 0 radical (unpaired) electrons. The van der Waals surface area contributed by atoms with Crippen LogP contribution < -0.4 is 4.90 Å². The molecule has 0 spiro atoms. The van der Waals surface area contributed by atoms with Crippen LogP contribution in [0.1, 0.15) is 18.4 Å². The van der Waals surface area contributed by atoms with E-state index in [4.69, 9.17) is 11.6 Å². The molecule has 1 aliphatic heterocycles. The van der Waals surface area contributed by atoms with Crippen LogP contribution >= 0.6 is 11.6 Å². The molecule has 0 amide bonds. The third-order valence-electron chi connectivity index (χ3n) is 4.94. The number of rotatable bonds is 2. The molecule has 1 saturated heterocycles. The minimum atomic E-state index is -0.774. The number of pyridine rings is 1. The number of piperidine rings is 1. The highest BCUT2D eigenvalue weighted by Gasteiger charge is 2.34. The molecule has 4 rings (SSSR count). The normalized spacial score (nSPS) is 17.2. The molecule has 122 valence electrons. The highest BCUT2D eigenvalue weighted by atomic mass is 35.5. The van der Waals surface area contributed by atoms with Crippen molar-refractivity contribution in [1.82, 2.24) is 4.98 Å². The Morgan fingerprint density at radius 2 is 1.67 bits per heavy atom. The van der Waals surface area contributed by atoms with Gasteiger partial charge in [-0.3, -0.25) is 4.98 Å². The number of benzene rings is 2. The minimum absolute atomic E-state index is 0.697. The van der Waals surface area contributed by atoms with Crippen molar-refractivity contribution in [2.75, 3.05) is 18.0 Å². The molecule has 0 saturated carbocycles. The summed E-state index contributed by atoms with van der Waals surface area (Å²) in [6, 6.07) is 17.8. The SMILES string of the molecule is OC1(c2ccc(Cl)cc2)CCN(c2ccnc3ccccc23)CC1. The lowest BCUT2D eigenvalue weighted by Crippen LogP contribution is -2.42. The van der Waals surface area contributed by atoms with E-state index in [1.54, 1.807) is 0 Å². The lowest BCUT2D eigenvalue weighted by Gasteiger charge is -2.40. The van der Waals surface area contributed by atoms with Gasteiger partial charge in [-0.1, -0.05) is 41.9 Å². The Bertz CT molecular complexity index is 850. The number of para-hydroxylation sites is 1. The topological polar surface area (TPSA) is 36.4 Å². The summed E-state index contributed by atoms with van der Waals surface area (Å²) in [4.78, 5) is 6.77. The molecule has 1 N–H and O–H groups in total. The van der Waals surface area contributed by atoms with Gasteiger partial charge in [0.2, 0.25) is 0 Å². The molecule has 1 aliphatic rings. The lowest BCUT2D eigenvalue weighted by molar-refractivity contribution is 0.0118. The Kier molecular flexibility index (Phi) is 3.91. The Labute approximate surface area is 146 Å². The van der Waals surface area contributed by atoms with E-state index in [2.05, 4.69) is 22.0 Å². The van der Waals surface area contributed by atoms with Gasteiger partial charge in [0.25, 0.3) is 0 Å². The number of aliphatic hydroxyl groups is 1. The molecule has 2 heterocycles. The largest absolute Gasteiger partial charge is 0.385 e. The summed E-state index contributed by atoms with van der Waals surface area (Å²) < 4.78 is 0. The fourth-order valence-electron chi connectivity index (χ4n) is 3.52. The van der Waals surface area contributed by atoms with Crippen LogP contribution in [-0.2, 0) is 5.60 Å². The summed E-state index contributed by atoms with van der Waals surface area (Å²) in [6.45, 7) is 1.63. The van der Waals surface area contributed by atoms with Crippen LogP contribution in [0.4, 0.5) is 5.69 Å². The summed E-state index contributed by atoms with van der Waals surface area (Å²) in [7, 11) is 0. The number of hydrogen-bond acceptors (Lipinski definition) is 3. The van der Waals surface area contributed by atoms with Gasteiger partial charge in [0.15, 0.2) is 0 Å². The van der Waals surface area contributed by atoms with Crippen LogP contribution in [0.25, 0.3) is 10.9 Å². The average molecular weight is 339 g/mol. The maximum atomic E-state index is 11.0. The molecular formula is C20H19ClN2O. The standard InChI is InChI=1S/C20H19ClN2O/c21-16-7-5-15(6-8-16)20(24)10-13-23(14-11-20)19-9-12-22-18-4-2-1-3-17(18)19/h1-9,12,24H,10-11,13-14H2. The first-order chi connectivity index (χ1) is 11.7. The van der Waals surface area contributed by atoms with E-state index in [1.165, 1.54) is 5.69 Å². The molecule has 0 atom stereocenters. The first-order valence-corrected chi connectivity index (χ1v) is 8.61. The number of anilines is 1. The van der Waals surface area contributed by atoms with Gasteiger partial charge in [0.1, 0.15) is 0 Å². The van der Waals surface area contributed by atoms with Gasteiger partial charge >= 0.3 is 0 Å². The fraction of sp³-hybridized carbons (Fsp3) is 0.250. The van der Waals surface area contributed by atoms with Gasteiger partial charge in [-0.15, -0.1) is 0 Å². The Hall–Kier alpha value is -2.10. The van der Waals surface area contributed by atoms with Gasteiger partial charge in [0, 0.05) is 35.4 Å². The zero-order valence-corrected chi connectivity index (χ0v) is 14.1. The molecule has 0 bridgehead atoms. The van der Waals surface area contributed by atoms with Crippen molar-refractivity contribution in [2.45, 2.75) is 18.4 Å². The van der Waals surface area contributed by atoms with E-state index in [0.717, 1.165) is 29.6 Å². The fourth-order valence-corrected chi connectivity index (χ4v) is 3.65. The molecule has 4 heteroatoms. The number of aromatic nitrogens is 1.